The number of amides is 1. The lowest BCUT2D eigenvalue weighted by atomic mass is 10.3. The Labute approximate surface area is 137 Å². The molecule has 1 aromatic heterocycles. The Morgan fingerprint density at radius 1 is 1.39 bits per heavy atom. The number of hydrogen-bond donors (Lipinski definition) is 1. The Hall–Kier alpha value is -1.88. The van der Waals surface area contributed by atoms with Crippen molar-refractivity contribution in [1.82, 2.24) is 14.9 Å². The molecule has 1 aromatic carbocycles. The lowest BCUT2D eigenvalue weighted by molar-refractivity contribution is -0.122. The lowest BCUT2D eigenvalue weighted by Crippen LogP contribution is -2.26. The molecular weight excluding hydrogens is 290 g/mol. The van der Waals surface area contributed by atoms with Crippen LogP contribution in [0.4, 0.5) is 0 Å². The highest BCUT2D eigenvalue weighted by atomic mass is 16.5. The number of para-hydroxylation sites is 2. The topological polar surface area (TPSA) is 56.1 Å². The van der Waals surface area contributed by atoms with Gasteiger partial charge >= 0.3 is 0 Å². The van der Waals surface area contributed by atoms with E-state index in [0.717, 1.165) is 62.2 Å². The summed E-state index contributed by atoms with van der Waals surface area (Å²) in [5.41, 5.74) is 2.19. The second-order valence-corrected chi connectivity index (χ2v) is 6.03. The highest BCUT2D eigenvalue weighted by Crippen LogP contribution is 2.28. The number of carbonyl (C=O) groups is 1. The quantitative estimate of drug-likeness (QED) is 0.724. The van der Waals surface area contributed by atoms with Crippen molar-refractivity contribution in [3.05, 3.63) is 30.1 Å². The summed E-state index contributed by atoms with van der Waals surface area (Å²) < 4.78 is 7.74. The van der Waals surface area contributed by atoms with Gasteiger partial charge in [-0.15, -0.1) is 0 Å². The molecule has 0 saturated heterocycles. The van der Waals surface area contributed by atoms with Gasteiger partial charge in [0.25, 0.3) is 0 Å². The highest BCUT2D eigenvalue weighted by Gasteiger charge is 2.28. The van der Waals surface area contributed by atoms with E-state index in [4.69, 9.17) is 9.72 Å². The Morgan fingerprint density at radius 3 is 3.00 bits per heavy atom. The maximum Gasteiger partial charge on any atom is 0.223 e. The minimum absolute atomic E-state index is 0.217. The predicted octanol–water partition coefficient (Wildman–Crippen LogP) is 2.53. The summed E-state index contributed by atoms with van der Waals surface area (Å²) in [6.07, 6.45) is 3.89. The van der Waals surface area contributed by atoms with Gasteiger partial charge in [-0.25, -0.2) is 4.98 Å². The molecule has 1 N–H and O–H groups in total. The molecule has 0 radical (unpaired) electrons. The summed E-state index contributed by atoms with van der Waals surface area (Å²) in [6.45, 7) is 4.98. The zero-order valence-corrected chi connectivity index (χ0v) is 13.8. The van der Waals surface area contributed by atoms with E-state index in [1.54, 1.807) is 0 Å². The molecule has 0 bridgehead atoms. The van der Waals surface area contributed by atoms with Gasteiger partial charge in [-0.2, -0.15) is 0 Å². The maximum atomic E-state index is 11.7. The minimum Gasteiger partial charge on any atom is -0.380 e. The smallest absolute Gasteiger partial charge is 0.223 e. The first-order valence-electron chi connectivity index (χ1n) is 8.59. The first kappa shape index (κ1) is 16.0. The Bertz CT molecular complexity index is 661. The molecule has 0 unspecified atom stereocenters. The average Bonchev–Trinajstić information content (AvgIpc) is 3.35. The molecule has 124 valence electrons. The van der Waals surface area contributed by atoms with Crippen LogP contribution in [0.25, 0.3) is 11.0 Å². The van der Waals surface area contributed by atoms with E-state index in [1.165, 1.54) is 0 Å². The van der Waals surface area contributed by atoms with E-state index in [1.807, 2.05) is 25.1 Å². The zero-order valence-electron chi connectivity index (χ0n) is 13.8. The lowest BCUT2D eigenvalue weighted by Gasteiger charge is -2.09. The molecular formula is C18H25N3O2. The van der Waals surface area contributed by atoms with Gasteiger partial charge in [0.05, 0.1) is 17.6 Å². The molecule has 5 nitrogen and oxygen atoms in total. The van der Waals surface area contributed by atoms with Gasteiger partial charge in [-0.1, -0.05) is 12.1 Å². The molecule has 1 amide bonds. The van der Waals surface area contributed by atoms with Crippen LogP contribution >= 0.6 is 0 Å². The monoisotopic (exact) mass is 315 g/mol. The molecule has 3 rings (SSSR count). The minimum atomic E-state index is 0.217. The van der Waals surface area contributed by atoms with Crippen molar-refractivity contribution in [2.75, 3.05) is 19.8 Å². The van der Waals surface area contributed by atoms with Gasteiger partial charge in [0.2, 0.25) is 5.91 Å². The normalized spacial score (nSPS) is 14.3. The van der Waals surface area contributed by atoms with Crippen molar-refractivity contribution in [1.29, 1.82) is 0 Å². The van der Waals surface area contributed by atoms with E-state index in [9.17, 15) is 4.79 Å². The molecule has 1 fully saturated rings. The fourth-order valence-electron chi connectivity index (χ4n) is 2.81. The van der Waals surface area contributed by atoms with Gasteiger partial charge in [-0.3, -0.25) is 4.79 Å². The summed E-state index contributed by atoms with van der Waals surface area (Å²) in [6, 6.07) is 8.21. The van der Waals surface area contributed by atoms with Crippen molar-refractivity contribution in [2.45, 2.75) is 39.2 Å². The second kappa shape index (κ2) is 7.59. The van der Waals surface area contributed by atoms with Crippen LogP contribution in [-0.2, 0) is 22.5 Å². The van der Waals surface area contributed by atoms with Crippen molar-refractivity contribution in [2.24, 2.45) is 5.92 Å². The van der Waals surface area contributed by atoms with E-state index < -0.39 is 0 Å². The van der Waals surface area contributed by atoms with E-state index in [0.29, 0.717) is 6.61 Å². The molecule has 5 heteroatoms. The fraction of sp³-hybridized carbons (Fsp3) is 0.556. The number of aryl methyl sites for hydroxylation is 1. The SMILES string of the molecule is CCOCCn1c(CCCNC(=O)C2CC2)nc2ccccc21. The maximum absolute atomic E-state index is 11.7. The number of imidazole rings is 1. The number of carbonyl (C=O) groups excluding carboxylic acids is 1. The molecule has 2 aromatic rings. The second-order valence-electron chi connectivity index (χ2n) is 6.03. The van der Waals surface area contributed by atoms with E-state index >= 15 is 0 Å². The molecule has 1 saturated carbocycles. The standard InChI is InChI=1S/C18H25N3O2/c1-2-23-13-12-21-16-7-4-3-6-15(16)20-17(21)8-5-11-19-18(22)14-9-10-14/h3-4,6-7,14H,2,5,8-13H2,1H3,(H,19,22). The Balaban J connectivity index is 1.61. The van der Waals surface area contributed by atoms with Crippen LogP contribution in [0.1, 0.15) is 32.0 Å². The van der Waals surface area contributed by atoms with Crippen LogP contribution in [0.15, 0.2) is 24.3 Å². The number of ether oxygens (including phenoxy) is 1. The van der Waals surface area contributed by atoms with E-state index in [-0.39, 0.29) is 11.8 Å². The number of rotatable bonds is 9. The van der Waals surface area contributed by atoms with Crippen LogP contribution in [0.2, 0.25) is 0 Å². The number of aromatic nitrogens is 2. The molecule has 1 heterocycles. The third kappa shape index (κ3) is 4.10. The van der Waals surface area contributed by atoms with Crippen molar-refractivity contribution in [3.63, 3.8) is 0 Å². The van der Waals surface area contributed by atoms with Crippen LogP contribution in [0.5, 0.6) is 0 Å². The zero-order chi connectivity index (χ0) is 16.1. The predicted molar refractivity (Wildman–Crippen MR) is 90.3 cm³/mol. The van der Waals surface area contributed by atoms with Crippen molar-refractivity contribution < 1.29 is 9.53 Å². The van der Waals surface area contributed by atoms with Crippen LogP contribution in [0.3, 0.4) is 0 Å². The van der Waals surface area contributed by atoms with Crippen LogP contribution in [0, 0.1) is 5.92 Å². The summed E-state index contributed by atoms with van der Waals surface area (Å²) in [5.74, 6) is 1.58. The van der Waals surface area contributed by atoms with Gasteiger partial charge < -0.3 is 14.6 Å². The van der Waals surface area contributed by atoms with Crippen molar-refractivity contribution in [3.8, 4) is 0 Å². The number of fused-ring (bicyclic) bond motifs is 1. The third-order valence-corrected chi connectivity index (χ3v) is 4.22. The summed E-state index contributed by atoms with van der Waals surface area (Å²) in [4.78, 5) is 16.4. The third-order valence-electron chi connectivity index (χ3n) is 4.22. The molecule has 1 aliphatic rings. The number of nitrogens with one attached hydrogen (secondary N) is 1. The first-order valence-corrected chi connectivity index (χ1v) is 8.59. The Morgan fingerprint density at radius 2 is 2.22 bits per heavy atom. The van der Waals surface area contributed by atoms with Gasteiger partial charge in [0, 0.05) is 32.0 Å². The van der Waals surface area contributed by atoms with Crippen molar-refractivity contribution >= 4 is 16.9 Å². The largest absolute Gasteiger partial charge is 0.380 e. The van der Waals surface area contributed by atoms with Crippen LogP contribution < -0.4 is 5.32 Å². The Kier molecular flexibility index (Phi) is 5.28. The van der Waals surface area contributed by atoms with Gasteiger partial charge in [-0.05, 0) is 38.3 Å². The summed E-state index contributed by atoms with van der Waals surface area (Å²) >= 11 is 0. The molecule has 0 spiro atoms. The summed E-state index contributed by atoms with van der Waals surface area (Å²) in [5, 5.41) is 3.02. The number of nitrogens with zero attached hydrogens (tertiary/aromatic N) is 2. The molecule has 1 aliphatic carbocycles. The average molecular weight is 315 g/mol. The molecule has 23 heavy (non-hydrogen) atoms. The summed E-state index contributed by atoms with van der Waals surface area (Å²) in [7, 11) is 0. The number of benzene rings is 1. The highest BCUT2D eigenvalue weighted by molar-refractivity contribution is 5.80. The molecule has 0 aliphatic heterocycles. The number of hydrogen-bond acceptors (Lipinski definition) is 3. The van der Waals surface area contributed by atoms with Crippen LogP contribution in [-0.4, -0.2) is 35.2 Å². The van der Waals surface area contributed by atoms with E-state index in [2.05, 4.69) is 16.0 Å². The van der Waals surface area contributed by atoms with Gasteiger partial charge in [0.1, 0.15) is 5.82 Å². The fourth-order valence-corrected chi connectivity index (χ4v) is 2.81. The van der Waals surface area contributed by atoms with Gasteiger partial charge in [0.15, 0.2) is 0 Å². The molecule has 0 atom stereocenters. The first-order chi connectivity index (χ1) is 11.3.